The van der Waals surface area contributed by atoms with Crippen molar-refractivity contribution >= 4 is 22.7 Å². The van der Waals surface area contributed by atoms with Gasteiger partial charge in [-0.2, -0.15) is 0 Å². The number of thioether (sulfide) groups is 1. The smallest absolute Gasteiger partial charge is 0.263 e. The van der Waals surface area contributed by atoms with Crippen LogP contribution in [0, 0.1) is 23.7 Å². The molecule has 0 aromatic heterocycles. The first-order valence-electron chi connectivity index (χ1n) is 7.41. The van der Waals surface area contributed by atoms with Crippen LogP contribution in [0.1, 0.15) is 46.5 Å². The highest BCUT2D eigenvalue weighted by Crippen LogP contribution is 2.58. The molecule has 0 radical (unpaired) electrons. The van der Waals surface area contributed by atoms with Gasteiger partial charge in [0.05, 0.1) is 5.04 Å². The molecule has 1 heterocycles. The minimum atomic E-state index is -2.45. The van der Waals surface area contributed by atoms with Crippen molar-refractivity contribution in [3.05, 3.63) is 0 Å². The molecule has 3 rings (SSSR count). The Bertz CT molecular complexity index is 476. The molecule has 4 atom stereocenters. The van der Waals surface area contributed by atoms with E-state index < -0.39 is 16.6 Å². The number of halogens is 2. The van der Waals surface area contributed by atoms with Gasteiger partial charge in [0.15, 0.2) is 0 Å². The Balaban J connectivity index is 1.65. The van der Waals surface area contributed by atoms with Crippen LogP contribution < -0.4 is 0 Å². The maximum absolute atomic E-state index is 13.5. The van der Waals surface area contributed by atoms with Crippen molar-refractivity contribution < 1.29 is 13.6 Å². The van der Waals surface area contributed by atoms with E-state index in [2.05, 4.69) is 4.99 Å². The molecule has 0 spiro atoms. The van der Waals surface area contributed by atoms with Crippen molar-refractivity contribution in [2.24, 2.45) is 28.7 Å². The summed E-state index contributed by atoms with van der Waals surface area (Å²) in [5, 5.41) is 0.868. The van der Waals surface area contributed by atoms with E-state index in [1.807, 2.05) is 20.8 Å². The summed E-state index contributed by atoms with van der Waals surface area (Å²) in [7, 11) is 0. The number of hydrogen-bond acceptors (Lipinski definition) is 2. The Morgan fingerprint density at radius 2 is 2.10 bits per heavy atom. The lowest BCUT2D eigenvalue weighted by atomic mass is 9.85. The number of rotatable bonds is 3. The van der Waals surface area contributed by atoms with Crippen LogP contribution >= 0.6 is 11.8 Å². The largest absolute Gasteiger partial charge is 0.271 e. The zero-order valence-electron chi connectivity index (χ0n) is 12.2. The Morgan fingerprint density at radius 1 is 1.40 bits per heavy atom. The molecule has 1 aliphatic heterocycles. The van der Waals surface area contributed by atoms with Gasteiger partial charge in [0.25, 0.3) is 11.8 Å². The fourth-order valence-electron chi connectivity index (χ4n) is 3.78. The quantitative estimate of drug-likeness (QED) is 0.784. The van der Waals surface area contributed by atoms with Gasteiger partial charge in [0.2, 0.25) is 0 Å². The Morgan fingerprint density at radius 3 is 2.55 bits per heavy atom. The van der Waals surface area contributed by atoms with Crippen LogP contribution in [0.15, 0.2) is 4.99 Å². The lowest BCUT2D eigenvalue weighted by molar-refractivity contribution is -0.120. The minimum Gasteiger partial charge on any atom is -0.271 e. The molecule has 5 heteroatoms. The highest BCUT2D eigenvalue weighted by Gasteiger charge is 2.57. The van der Waals surface area contributed by atoms with Crippen molar-refractivity contribution in [2.75, 3.05) is 0 Å². The lowest BCUT2D eigenvalue weighted by Gasteiger charge is -2.28. The topological polar surface area (TPSA) is 29.4 Å². The number of fused-ring (bicyclic) bond motifs is 2. The number of amides is 1. The molecule has 3 aliphatic rings. The third-order valence-corrected chi connectivity index (χ3v) is 7.06. The van der Waals surface area contributed by atoms with Crippen molar-refractivity contribution in [1.82, 2.24) is 0 Å². The van der Waals surface area contributed by atoms with Crippen LogP contribution in [0.2, 0.25) is 0 Å². The number of hydrogen-bond donors (Lipinski definition) is 0. The Kier molecular flexibility index (Phi) is 3.27. The molecule has 2 bridgehead atoms. The van der Waals surface area contributed by atoms with Crippen LogP contribution in [-0.2, 0) is 4.79 Å². The van der Waals surface area contributed by atoms with Gasteiger partial charge in [0.1, 0.15) is 4.75 Å². The van der Waals surface area contributed by atoms with E-state index in [0.717, 1.165) is 11.5 Å². The lowest BCUT2D eigenvalue weighted by Crippen LogP contribution is -2.33. The SMILES string of the molecule is CC(C)[C@@]1(C)SC(C[C@H]2C[C@H]3C[C@@H]2CC3(F)F)=NC1=O. The van der Waals surface area contributed by atoms with Crippen LogP contribution in [0.5, 0.6) is 0 Å². The summed E-state index contributed by atoms with van der Waals surface area (Å²) in [5.74, 6) is -2.29. The van der Waals surface area contributed by atoms with Gasteiger partial charge in [0, 0.05) is 12.3 Å². The van der Waals surface area contributed by atoms with Gasteiger partial charge < -0.3 is 0 Å². The molecule has 0 N–H and O–H groups in total. The molecule has 0 saturated heterocycles. The Hall–Kier alpha value is -0.450. The summed E-state index contributed by atoms with van der Waals surface area (Å²) in [6.45, 7) is 6.00. The molecule has 2 fully saturated rings. The van der Waals surface area contributed by atoms with Gasteiger partial charge in [-0.25, -0.2) is 13.8 Å². The van der Waals surface area contributed by atoms with Gasteiger partial charge in [-0.3, -0.25) is 4.79 Å². The summed E-state index contributed by atoms with van der Waals surface area (Å²) in [4.78, 5) is 16.3. The average Bonchev–Trinajstić information content (AvgIpc) is 2.91. The van der Waals surface area contributed by atoms with E-state index in [4.69, 9.17) is 0 Å². The predicted molar refractivity (Wildman–Crippen MR) is 77.2 cm³/mol. The highest BCUT2D eigenvalue weighted by atomic mass is 32.2. The van der Waals surface area contributed by atoms with Crippen molar-refractivity contribution in [3.63, 3.8) is 0 Å². The Labute approximate surface area is 122 Å². The molecular formula is C15H21F2NOS. The van der Waals surface area contributed by atoms with Crippen LogP contribution in [0.4, 0.5) is 8.78 Å². The molecule has 112 valence electrons. The number of carbonyl (C=O) groups excluding carboxylic acids is 1. The first kappa shape index (κ1) is 14.5. The monoisotopic (exact) mass is 301 g/mol. The van der Waals surface area contributed by atoms with E-state index in [-0.39, 0.29) is 24.2 Å². The summed E-state index contributed by atoms with van der Waals surface area (Å²) < 4.78 is 26.6. The fourth-order valence-corrected chi connectivity index (χ4v) is 5.07. The zero-order valence-corrected chi connectivity index (χ0v) is 13.0. The molecule has 0 aromatic rings. The van der Waals surface area contributed by atoms with Gasteiger partial charge in [-0.05, 0) is 43.9 Å². The van der Waals surface area contributed by atoms with Gasteiger partial charge in [-0.15, -0.1) is 0 Å². The first-order valence-corrected chi connectivity index (χ1v) is 8.23. The number of alkyl halides is 2. The maximum atomic E-state index is 13.5. The second kappa shape index (κ2) is 4.52. The molecule has 20 heavy (non-hydrogen) atoms. The molecule has 2 aliphatic carbocycles. The molecule has 0 aromatic carbocycles. The third-order valence-electron chi connectivity index (χ3n) is 5.49. The number of aliphatic imine (C=N–C) groups is 1. The standard InChI is InChI=1S/C15H21F2NOS/c1-8(2)14(3)13(19)18-12(20-14)6-9-4-11-5-10(9)7-15(11,16)17/h8-11H,4-7H2,1-3H3/t9-,10-,11+,14-/m1/s1. The second-order valence-electron chi connectivity index (χ2n) is 7.03. The molecular weight excluding hydrogens is 280 g/mol. The highest BCUT2D eigenvalue weighted by molar-refractivity contribution is 8.16. The van der Waals surface area contributed by atoms with Gasteiger partial charge in [-0.1, -0.05) is 25.6 Å². The minimum absolute atomic E-state index is 0.0374. The van der Waals surface area contributed by atoms with Crippen LogP contribution in [0.3, 0.4) is 0 Å². The average molecular weight is 301 g/mol. The van der Waals surface area contributed by atoms with E-state index >= 15 is 0 Å². The summed E-state index contributed by atoms with van der Waals surface area (Å²) in [5.41, 5.74) is 0. The van der Waals surface area contributed by atoms with Crippen molar-refractivity contribution in [2.45, 2.75) is 57.1 Å². The van der Waals surface area contributed by atoms with Crippen LogP contribution in [-0.4, -0.2) is 21.6 Å². The van der Waals surface area contributed by atoms with Crippen LogP contribution in [0.25, 0.3) is 0 Å². The first-order chi connectivity index (χ1) is 9.22. The normalized spacial score (nSPS) is 42.6. The fraction of sp³-hybridized carbons (Fsp3) is 0.867. The summed E-state index contributed by atoms with van der Waals surface area (Å²) in [6.07, 6.45) is 2.01. The number of nitrogens with zero attached hydrogens (tertiary/aromatic N) is 1. The molecule has 2 saturated carbocycles. The van der Waals surface area contributed by atoms with E-state index in [1.165, 1.54) is 0 Å². The number of carbonyl (C=O) groups is 1. The maximum Gasteiger partial charge on any atom is 0.263 e. The van der Waals surface area contributed by atoms with Gasteiger partial charge >= 0.3 is 0 Å². The molecule has 0 unspecified atom stereocenters. The summed E-state index contributed by atoms with van der Waals surface area (Å²) in [6, 6.07) is 0. The van der Waals surface area contributed by atoms with Crippen molar-refractivity contribution in [1.29, 1.82) is 0 Å². The van der Waals surface area contributed by atoms with Crippen molar-refractivity contribution in [3.8, 4) is 0 Å². The zero-order chi connectivity index (χ0) is 14.7. The van der Waals surface area contributed by atoms with E-state index in [1.54, 1.807) is 11.8 Å². The van der Waals surface area contributed by atoms with E-state index in [9.17, 15) is 13.6 Å². The second-order valence-corrected chi connectivity index (χ2v) is 8.56. The molecule has 2 nitrogen and oxygen atoms in total. The molecule has 1 amide bonds. The summed E-state index contributed by atoms with van der Waals surface area (Å²) >= 11 is 1.56. The predicted octanol–water partition coefficient (Wildman–Crippen LogP) is 4.14. The third kappa shape index (κ3) is 2.13. The van der Waals surface area contributed by atoms with E-state index in [0.29, 0.717) is 18.8 Å².